The summed E-state index contributed by atoms with van der Waals surface area (Å²) in [7, 11) is -3.59. The predicted molar refractivity (Wildman–Crippen MR) is 151 cm³/mol. The maximum atomic E-state index is 13.3. The molecule has 4 saturated carbocycles. The highest BCUT2D eigenvalue weighted by molar-refractivity contribution is 7.90. The highest BCUT2D eigenvalue weighted by Crippen LogP contribution is 2.68. The molecule has 37 heavy (non-hydrogen) atoms. The van der Waals surface area contributed by atoms with Crippen LogP contribution in [0.3, 0.4) is 0 Å². The lowest BCUT2D eigenvalue weighted by Crippen LogP contribution is -2.54. The van der Waals surface area contributed by atoms with Crippen LogP contribution in [0.15, 0.2) is 33.7 Å². The molecule has 6 heteroatoms. The molecule has 0 saturated heterocycles. The van der Waals surface area contributed by atoms with Crippen molar-refractivity contribution in [3.63, 3.8) is 0 Å². The second kappa shape index (κ2) is 10.1. The van der Waals surface area contributed by atoms with Crippen LogP contribution in [0.4, 0.5) is 0 Å². The Morgan fingerprint density at radius 2 is 1.65 bits per heavy atom. The van der Waals surface area contributed by atoms with E-state index in [0.29, 0.717) is 22.8 Å². The Kier molecular flexibility index (Phi) is 7.33. The first-order valence-electron chi connectivity index (χ1n) is 14.8. The van der Waals surface area contributed by atoms with E-state index >= 15 is 0 Å². The van der Waals surface area contributed by atoms with Gasteiger partial charge in [-0.1, -0.05) is 40.5 Å². The molecule has 0 aliphatic heterocycles. The standard InChI is InChI=1S/C31H45N3O2S/c1-5-6-21(2)27-13-14-28-26-12-7-22-19-25(15-17-30(22,3)29(26)16-18-31(27,28)4)37(35,36)34-24-10-8-23(9-11-24)33-20-32/h8-11,21-22,25-29H,5-7,12-19H2,1-4H3/t21-,22-,25?,26?,27-,28?,29?,30+,31-/m1/s1. The van der Waals surface area contributed by atoms with E-state index in [0.717, 1.165) is 48.9 Å². The van der Waals surface area contributed by atoms with Gasteiger partial charge in [0.25, 0.3) is 10.0 Å². The van der Waals surface area contributed by atoms with Gasteiger partial charge in [0, 0.05) is 0 Å². The molecule has 0 radical (unpaired) electrons. The van der Waals surface area contributed by atoms with Gasteiger partial charge < -0.3 is 0 Å². The molecule has 4 unspecified atom stereocenters. The molecule has 5 rings (SSSR count). The molecule has 0 amide bonds. The number of sulfonamides is 1. The van der Waals surface area contributed by atoms with Gasteiger partial charge in [-0.15, -0.1) is 0 Å². The molecule has 5 aliphatic rings. The summed E-state index contributed by atoms with van der Waals surface area (Å²) in [5.74, 6) is 4.64. The summed E-state index contributed by atoms with van der Waals surface area (Å²) >= 11 is 0. The van der Waals surface area contributed by atoms with Crippen LogP contribution >= 0.6 is 0 Å². The SMILES string of the molecule is CCC[C@@H](C)[C@H]1CCC2C3CC[C@@H]4CC(S(=O)(=O)N=C5C=CC(=NC#N)C=C5)CC[C@]4(C)C3CC[C@@]21C. The van der Waals surface area contributed by atoms with Gasteiger partial charge >= 0.3 is 0 Å². The van der Waals surface area contributed by atoms with Crippen LogP contribution in [0.25, 0.3) is 0 Å². The van der Waals surface area contributed by atoms with Gasteiger partial charge in [0.2, 0.25) is 6.19 Å². The van der Waals surface area contributed by atoms with Gasteiger partial charge in [0.05, 0.1) is 16.7 Å². The fourth-order valence-electron chi connectivity index (χ4n) is 9.99. The summed E-state index contributed by atoms with van der Waals surface area (Å²) in [4.78, 5) is 3.68. The molecule has 5 aliphatic carbocycles. The van der Waals surface area contributed by atoms with Gasteiger partial charge in [-0.2, -0.15) is 14.7 Å². The third-order valence-electron chi connectivity index (χ3n) is 11.8. The Morgan fingerprint density at radius 1 is 0.973 bits per heavy atom. The van der Waals surface area contributed by atoms with Crippen LogP contribution < -0.4 is 0 Å². The van der Waals surface area contributed by atoms with Crippen LogP contribution in [-0.4, -0.2) is 25.1 Å². The summed E-state index contributed by atoms with van der Waals surface area (Å²) in [5.41, 5.74) is 1.72. The zero-order valence-electron chi connectivity index (χ0n) is 23.2. The Balaban J connectivity index is 1.29. The zero-order valence-corrected chi connectivity index (χ0v) is 24.0. The number of hydrogen-bond acceptors (Lipinski definition) is 4. The van der Waals surface area contributed by atoms with Crippen molar-refractivity contribution < 1.29 is 8.42 Å². The van der Waals surface area contributed by atoms with Gasteiger partial charge in [-0.05, 0) is 128 Å². The third-order valence-corrected chi connectivity index (χ3v) is 13.5. The van der Waals surface area contributed by atoms with Crippen molar-refractivity contribution in [2.75, 3.05) is 0 Å². The van der Waals surface area contributed by atoms with Gasteiger partial charge in [-0.25, -0.2) is 8.42 Å². The number of hydrogen-bond donors (Lipinski definition) is 0. The number of nitriles is 1. The van der Waals surface area contributed by atoms with Crippen molar-refractivity contribution in [3.8, 4) is 6.19 Å². The fraction of sp³-hybridized carbons (Fsp3) is 0.774. The average Bonchev–Trinajstić information content (AvgIpc) is 3.22. The third kappa shape index (κ3) is 4.68. The summed E-state index contributed by atoms with van der Waals surface area (Å²) < 4.78 is 30.9. The molecular formula is C31H45N3O2S. The minimum absolute atomic E-state index is 0.268. The van der Waals surface area contributed by atoms with E-state index in [9.17, 15) is 8.42 Å². The fourth-order valence-corrected chi connectivity index (χ4v) is 11.4. The Labute approximate surface area is 224 Å². The maximum absolute atomic E-state index is 13.3. The van der Waals surface area contributed by atoms with E-state index in [1.54, 1.807) is 30.5 Å². The number of allylic oxidation sites excluding steroid dienone is 4. The highest BCUT2D eigenvalue weighted by atomic mass is 32.2. The number of aliphatic imine (C=N–C) groups is 1. The van der Waals surface area contributed by atoms with Crippen molar-refractivity contribution >= 4 is 21.4 Å². The zero-order chi connectivity index (χ0) is 26.4. The smallest absolute Gasteiger partial charge is 0.204 e. The van der Waals surface area contributed by atoms with E-state index in [-0.39, 0.29) is 10.7 Å². The lowest BCUT2D eigenvalue weighted by molar-refractivity contribution is -0.113. The second-order valence-corrected chi connectivity index (χ2v) is 15.3. The van der Waals surface area contributed by atoms with E-state index in [4.69, 9.17) is 5.26 Å². The van der Waals surface area contributed by atoms with Crippen LogP contribution in [0.5, 0.6) is 0 Å². The Morgan fingerprint density at radius 3 is 2.35 bits per heavy atom. The molecule has 4 fully saturated rings. The van der Waals surface area contributed by atoms with Crippen LogP contribution in [0.1, 0.15) is 98.3 Å². The number of nitrogens with zero attached hydrogens (tertiary/aromatic N) is 3. The highest BCUT2D eigenvalue weighted by Gasteiger charge is 2.61. The van der Waals surface area contributed by atoms with E-state index in [1.807, 2.05) is 0 Å². The summed E-state index contributed by atoms with van der Waals surface area (Å²) in [5, 5.41) is 8.32. The average molecular weight is 524 g/mol. The maximum Gasteiger partial charge on any atom is 0.256 e. The number of rotatable bonds is 5. The minimum Gasteiger partial charge on any atom is -0.204 e. The normalized spacial score (nSPS) is 41.8. The summed E-state index contributed by atoms with van der Waals surface area (Å²) in [6.07, 6.45) is 21.5. The quantitative estimate of drug-likeness (QED) is 0.281. The van der Waals surface area contributed by atoms with Crippen molar-refractivity contribution in [2.24, 2.45) is 55.7 Å². The molecule has 9 atom stereocenters. The summed E-state index contributed by atoms with van der Waals surface area (Å²) in [6, 6.07) is 0. The van der Waals surface area contributed by atoms with Crippen molar-refractivity contribution in [2.45, 2.75) is 104 Å². The molecule has 0 aromatic carbocycles. The van der Waals surface area contributed by atoms with Crippen molar-refractivity contribution in [3.05, 3.63) is 24.3 Å². The van der Waals surface area contributed by atoms with Crippen LogP contribution in [-0.2, 0) is 10.0 Å². The monoisotopic (exact) mass is 523 g/mol. The van der Waals surface area contributed by atoms with E-state index < -0.39 is 10.0 Å². The molecule has 0 heterocycles. The second-order valence-electron chi connectivity index (χ2n) is 13.4. The van der Waals surface area contributed by atoms with Crippen LogP contribution in [0, 0.1) is 57.8 Å². The van der Waals surface area contributed by atoms with E-state index in [2.05, 4.69) is 37.1 Å². The van der Waals surface area contributed by atoms with Gasteiger partial charge in [-0.3, -0.25) is 0 Å². The number of fused-ring (bicyclic) bond motifs is 5. The van der Waals surface area contributed by atoms with Gasteiger partial charge in [0.1, 0.15) is 0 Å². The molecular weight excluding hydrogens is 478 g/mol. The van der Waals surface area contributed by atoms with E-state index in [1.165, 1.54) is 51.4 Å². The Bertz CT molecular complexity index is 1140. The van der Waals surface area contributed by atoms with Crippen LogP contribution in [0.2, 0.25) is 0 Å². The topological polar surface area (TPSA) is 82.7 Å². The first-order chi connectivity index (χ1) is 17.6. The molecule has 0 aromatic rings. The largest absolute Gasteiger partial charge is 0.256 e. The minimum atomic E-state index is -3.59. The predicted octanol–water partition coefficient (Wildman–Crippen LogP) is 7.27. The molecule has 5 nitrogen and oxygen atoms in total. The van der Waals surface area contributed by atoms with Crippen molar-refractivity contribution in [1.82, 2.24) is 0 Å². The molecule has 202 valence electrons. The lowest BCUT2D eigenvalue weighted by Gasteiger charge is -2.61. The first kappa shape index (κ1) is 26.9. The molecule has 0 N–H and O–H groups in total. The van der Waals surface area contributed by atoms with Gasteiger partial charge in [0.15, 0.2) is 0 Å². The first-order valence-corrected chi connectivity index (χ1v) is 16.3. The Hall–Kier alpha value is -1.74. The molecule has 0 spiro atoms. The molecule has 0 bridgehead atoms. The lowest BCUT2D eigenvalue weighted by atomic mass is 9.44. The molecule has 0 aromatic heterocycles. The summed E-state index contributed by atoms with van der Waals surface area (Å²) in [6.45, 7) is 9.99. The van der Waals surface area contributed by atoms with Crippen molar-refractivity contribution in [1.29, 1.82) is 5.26 Å².